The zero-order chi connectivity index (χ0) is 8.65. The molecule has 0 atom stereocenters. The largest absolute Gasteiger partial charge is 0.320 e. The fourth-order valence-corrected chi connectivity index (χ4v) is 1.60. The van der Waals surface area contributed by atoms with E-state index < -0.39 is 0 Å². The van der Waals surface area contributed by atoms with Gasteiger partial charge in [-0.1, -0.05) is 19.3 Å². The number of hydrogen-bond acceptors (Lipinski definition) is 2. The summed E-state index contributed by atoms with van der Waals surface area (Å²) in [6.07, 6.45) is 7.10. The average molecular weight is 170 g/mol. The van der Waals surface area contributed by atoms with Crippen molar-refractivity contribution in [1.82, 2.24) is 10.6 Å². The first-order valence-corrected chi connectivity index (χ1v) is 5.29. The lowest BCUT2D eigenvalue weighted by Gasteiger charge is -2.25. The third-order valence-electron chi connectivity index (χ3n) is 2.73. The van der Waals surface area contributed by atoms with Crippen LogP contribution in [-0.4, -0.2) is 26.7 Å². The Kier molecular flexibility index (Phi) is 5.37. The summed E-state index contributed by atoms with van der Waals surface area (Å²) in [4.78, 5) is 0. The summed E-state index contributed by atoms with van der Waals surface area (Å²) in [6, 6.07) is 0. The summed E-state index contributed by atoms with van der Waals surface area (Å²) in [5.74, 6) is 1.06. The molecule has 0 aliphatic heterocycles. The smallest absolute Gasteiger partial charge is 0.00368 e. The van der Waals surface area contributed by atoms with Gasteiger partial charge in [0.15, 0.2) is 0 Å². The van der Waals surface area contributed by atoms with Crippen molar-refractivity contribution in [2.45, 2.75) is 32.1 Å². The second-order valence-corrected chi connectivity index (χ2v) is 3.79. The van der Waals surface area contributed by atoms with Gasteiger partial charge >= 0.3 is 0 Å². The van der Waals surface area contributed by atoms with E-state index in [1.807, 2.05) is 7.05 Å². The lowest BCUT2D eigenvalue weighted by atomic mass is 9.83. The molecule has 0 bridgehead atoms. The molecule has 1 rings (SSSR count). The van der Waals surface area contributed by atoms with Crippen molar-refractivity contribution in [3.63, 3.8) is 0 Å². The van der Waals surface area contributed by atoms with E-state index in [2.05, 4.69) is 10.6 Å². The summed E-state index contributed by atoms with van der Waals surface area (Å²) in [5.41, 5.74) is 0. The number of nitrogens with one attached hydrogen (secondary N) is 2. The van der Waals surface area contributed by atoms with Gasteiger partial charge in [0.1, 0.15) is 0 Å². The van der Waals surface area contributed by atoms with Crippen LogP contribution in [0.1, 0.15) is 32.1 Å². The number of rotatable bonds is 7. The molecule has 2 N–H and O–H groups in total. The monoisotopic (exact) mass is 170 g/mol. The predicted octanol–water partition coefficient (Wildman–Crippen LogP) is 1.38. The van der Waals surface area contributed by atoms with Crippen LogP contribution in [0.15, 0.2) is 0 Å². The molecule has 0 aromatic carbocycles. The molecule has 0 heterocycles. The number of hydrogen-bond donors (Lipinski definition) is 2. The van der Waals surface area contributed by atoms with Gasteiger partial charge in [0.25, 0.3) is 0 Å². The maximum Gasteiger partial charge on any atom is -0.00368 e. The van der Waals surface area contributed by atoms with Gasteiger partial charge in [0.2, 0.25) is 0 Å². The van der Waals surface area contributed by atoms with Crippen LogP contribution in [0.25, 0.3) is 0 Å². The minimum Gasteiger partial charge on any atom is -0.320 e. The van der Waals surface area contributed by atoms with Gasteiger partial charge in [-0.2, -0.15) is 0 Å². The highest BCUT2D eigenvalue weighted by atomic mass is 14.9. The SMILES string of the molecule is CNCCCNCCC1CCC1. The molecular formula is C10H22N2. The second kappa shape index (κ2) is 6.44. The highest BCUT2D eigenvalue weighted by Crippen LogP contribution is 2.28. The van der Waals surface area contributed by atoms with E-state index in [1.54, 1.807) is 0 Å². The van der Waals surface area contributed by atoms with Gasteiger partial charge in [0, 0.05) is 0 Å². The van der Waals surface area contributed by atoms with Crippen LogP contribution in [-0.2, 0) is 0 Å². The Balaban J connectivity index is 1.70. The fraction of sp³-hybridized carbons (Fsp3) is 1.00. The van der Waals surface area contributed by atoms with Gasteiger partial charge in [-0.15, -0.1) is 0 Å². The lowest BCUT2D eigenvalue weighted by molar-refractivity contribution is 0.292. The maximum atomic E-state index is 3.48. The van der Waals surface area contributed by atoms with Crippen LogP contribution in [0.5, 0.6) is 0 Å². The quantitative estimate of drug-likeness (QED) is 0.564. The Hall–Kier alpha value is -0.0800. The summed E-state index contributed by atoms with van der Waals surface area (Å²) in [6.45, 7) is 3.54. The molecule has 1 aliphatic carbocycles. The van der Waals surface area contributed by atoms with Crippen LogP contribution in [0.2, 0.25) is 0 Å². The molecule has 0 aromatic rings. The van der Waals surface area contributed by atoms with Gasteiger partial charge < -0.3 is 10.6 Å². The Labute approximate surface area is 76.1 Å². The van der Waals surface area contributed by atoms with Crippen molar-refractivity contribution in [3.8, 4) is 0 Å². The fourth-order valence-electron chi connectivity index (χ4n) is 1.60. The van der Waals surface area contributed by atoms with Crippen molar-refractivity contribution in [2.75, 3.05) is 26.7 Å². The molecule has 0 radical (unpaired) electrons. The van der Waals surface area contributed by atoms with Crippen molar-refractivity contribution >= 4 is 0 Å². The summed E-state index contributed by atoms with van der Waals surface area (Å²) in [5, 5.41) is 6.63. The van der Waals surface area contributed by atoms with E-state index >= 15 is 0 Å². The van der Waals surface area contributed by atoms with Gasteiger partial charge in [0.05, 0.1) is 0 Å². The first-order valence-electron chi connectivity index (χ1n) is 5.29. The standard InChI is InChI=1S/C10H22N2/c1-11-7-3-8-12-9-6-10-4-2-5-10/h10-12H,2-9H2,1H3. The van der Waals surface area contributed by atoms with E-state index in [9.17, 15) is 0 Å². The first kappa shape index (κ1) is 10.0. The lowest BCUT2D eigenvalue weighted by Crippen LogP contribution is -2.24. The van der Waals surface area contributed by atoms with E-state index in [1.165, 1.54) is 45.2 Å². The zero-order valence-electron chi connectivity index (χ0n) is 8.23. The van der Waals surface area contributed by atoms with Crippen molar-refractivity contribution in [3.05, 3.63) is 0 Å². The molecule has 72 valence electrons. The molecule has 0 spiro atoms. The van der Waals surface area contributed by atoms with Crippen molar-refractivity contribution in [2.24, 2.45) is 5.92 Å². The molecule has 0 saturated heterocycles. The minimum atomic E-state index is 1.06. The van der Waals surface area contributed by atoms with Gasteiger partial charge in [-0.3, -0.25) is 0 Å². The zero-order valence-corrected chi connectivity index (χ0v) is 8.23. The molecule has 2 nitrogen and oxygen atoms in total. The summed E-state index contributed by atoms with van der Waals surface area (Å²) < 4.78 is 0. The Bertz CT molecular complexity index is 100. The van der Waals surface area contributed by atoms with Crippen LogP contribution < -0.4 is 10.6 Å². The first-order chi connectivity index (χ1) is 5.93. The highest BCUT2D eigenvalue weighted by molar-refractivity contribution is 4.70. The Morgan fingerprint density at radius 1 is 1.17 bits per heavy atom. The van der Waals surface area contributed by atoms with Gasteiger partial charge in [-0.25, -0.2) is 0 Å². The Morgan fingerprint density at radius 3 is 2.58 bits per heavy atom. The third kappa shape index (κ3) is 4.07. The van der Waals surface area contributed by atoms with E-state index in [-0.39, 0.29) is 0 Å². The maximum absolute atomic E-state index is 3.48. The second-order valence-electron chi connectivity index (χ2n) is 3.79. The van der Waals surface area contributed by atoms with E-state index in [4.69, 9.17) is 0 Å². The summed E-state index contributed by atoms with van der Waals surface area (Å²) >= 11 is 0. The molecule has 0 aromatic heterocycles. The molecule has 2 heteroatoms. The highest BCUT2D eigenvalue weighted by Gasteiger charge is 2.15. The average Bonchev–Trinajstić information content (AvgIpc) is 2.00. The predicted molar refractivity (Wildman–Crippen MR) is 53.4 cm³/mol. The van der Waals surface area contributed by atoms with Crippen LogP contribution >= 0.6 is 0 Å². The molecule has 12 heavy (non-hydrogen) atoms. The minimum absolute atomic E-state index is 1.06. The molecular weight excluding hydrogens is 148 g/mol. The van der Waals surface area contributed by atoms with Crippen molar-refractivity contribution < 1.29 is 0 Å². The van der Waals surface area contributed by atoms with Crippen LogP contribution in [0.3, 0.4) is 0 Å². The summed E-state index contributed by atoms with van der Waals surface area (Å²) in [7, 11) is 2.01. The van der Waals surface area contributed by atoms with Gasteiger partial charge in [-0.05, 0) is 45.4 Å². The molecule has 0 amide bonds. The van der Waals surface area contributed by atoms with E-state index in [0.717, 1.165) is 12.5 Å². The molecule has 1 fully saturated rings. The van der Waals surface area contributed by atoms with E-state index in [0.29, 0.717) is 0 Å². The third-order valence-corrected chi connectivity index (χ3v) is 2.73. The Morgan fingerprint density at radius 2 is 2.00 bits per heavy atom. The van der Waals surface area contributed by atoms with Crippen LogP contribution in [0, 0.1) is 5.92 Å². The molecule has 0 unspecified atom stereocenters. The normalized spacial score (nSPS) is 17.8. The molecule has 1 aliphatic rings. The van der Waals surface area contributed by atoms with Crippen LogP contribution in [0.4, 0.5) is 0 Å². The molecule has 1 saturated carbocycles. The van der Waals surface area contributed by atoms with Crippen molar-refractivity contribution in [1.29, 1.82) is 0 Å². The topological polar surface area (TPSA) is 24.1 Å².